The summed E-state index contributed by atoms with van der Waals surface area (Å²) in [5, 5.41) is 9.34. The third kappa shape index (κ3) is 2.71. The summed E-state index contributed by atoms with van der Waals surface area (Å²) >= 11 is 1.63. The molecule has 0 spiro atoms. The van der Waals surface area contributed by atoms with E-state index in [4.69, 9.17) is 0 Å². The molecule has 0 amide bonds. The van der Waals surface area contributed by atoms with Crippen LogP contribution in [0.15, 0.2) is 24.0 Å². The molecular weight excluding hydrogens is 234 g/mol. The van der Waals surface area contributed by atoms with Crippen LogP contribution in [0.3, 0.4) is 0 Å². The van der Waals surface area contributed by atoms with Crippen LogP contribution in [0.4, 0.5) is 11.6 Å². The fraction of sp³-hybridized carbons (Fsp3) is 0.364. The number of nitrogens with zero attached hydrogens (tertiary/aromatic N) is 3. The summed E-state index contributed by atoms with van der Waals surface area (Å²) in [5.74, 6) is 1.57. The third-order valence-corrected chi connectivity index (χ3v) is 3.43. The van der Waals surface area contributed by atoms with Crippen molar-refractivity contribution < 1.29 is 0 Å². The highest BCUT2D eigenvalue weighted by molar-refractivity contribution is 7.09. The molecule has 2 N–H and O–H groups in total. The summed E-state index contributed by atoms with van der Waals surface area (Å²) in [6.45, 7) is 4.15. The molecule has 17 heavy (non-hydrogen) atoms. The maximum absolute atomic E-state index is 4.32. The minimum Gasteiger partial charge on any atom is -0.373 e. The van der Waals surface area contributed by atoms with E-state index in [1.54, 1.807) is 11.3 Å². The number of thiazole rings is 1. The van der Waals surface area contributed by atoms with Gasteiger partial charge in [0.1, 0.15) is 23.0 Å². The van der Waals surface area contributed by atoms with Gasteiger partial charge in [-0.25, -0.2) is 15.0 Å². The molecule has 2 aromatic rings. The molecule has 0 fully saturated rings. The largest absolute Gasteiger partial charge is 0.373 e. The van der Waals surface area contributed by atoms with E-state index in [9.17, 15) is 0 Å². The van der Waals surface area contributed by atoms with Crippen LogP contribution in [0.1, 0.15) is 18.9 Å². The van der Waals surface area contributed by atoms with Crippen molar-refractivity contribution in [2.45, 2.75) is 19.4 Å². The Morgan fingerprint density at radius 3 is 2.59 bits per heavy atom. The zero-order valence-electron chi connectivity index (χ0n) is 10.1. The molecule has 0 unspecified atom stereocenters. The monoisotopic (exact) mass is 249 g/mol. The van der Waals surface area contributed by atoms with Crippen molar-refractivity contribution in [2.24, 2.45) is 0 Å². The quantitative estimate of drug-likeness (QED) is 0.870. The van der Waals surface area contributed by atoms with Crippen LogP contribution in [0, 0.1) is 0 Å². The zero-order chi connectivity index (χ0) is 12.3. The molecule has 0 atom stereocenters. The summed E-state index contributed by atoms with van der Waals surface area (Å²) in [4.78, 5) is 12.6. The van der Waals surface area contributed by atoms with Crippen LogP contribution >= 0.6 is 11.3 Å². The fourth-order valence-electron chi connectivity index (χ4n) is 1.47. The lowest BCUT2D eigenvalue weighted by Crippen LogP contribution is -2.28. The lowest BCUT2D eigenvalue weighted by atomic mass is 10.1. The molecule has 0 bridgehead atoms. The van der Waals surface area contributed by atoms with Crippen LogP contribution in [0.5, 0.6) is 0 Å². The molecule has 2 aromatic heterocycles. The number of rotatable bonds is 4. The minimum absolute atomic E-state index is 0.243. The fourth-order valence-corrected chi connectivity index (χ4v) is 2.19. The van der Waals surface area contributed by atoms with E-state index in [1.165, 1.54) is 6.33 Å². The second-order valence-corrected chi connectivity index (χ2v) is 5.02. The van der Waals surface area contributed by atoms with Gasteiger partial charge in [-0.15, -0.1) is 11.3 Å². The van der Waals surface area contributed by atoms with Crippen LogP contribution < -0.4 is 10.6 Å². The highest BCUT2D eigenvalue weighted by Gasteiger charge is 2.23. The van der Waals surface area contributed by atoms with Crippen molar-refractivity contribution in [2.75, 3.05) is 17.7 Å². The summed E-state index contributed by atoms with van der Waals surface area (Å²) in [6, 6.07) is 1.87. The SMILES string of the molecule is CNc1cc(NC(C)(C)c2nccs2)ncn1. The highest BCUT2D eigenvalue weighted by Crippen LogP contribution is 2.26. The molecule has 2 heterocycles. The highest BCUT2D eigenvalue weighted by atomic mass is 32.1. The second-order valence-electron chi connectivity index (χ2n) is 4.13. The van der Waals surface area contributed by atoms with Crippen LogP contribution in [-0.4, -0.2) is 22.0 Å². The molecule has 2 rings (SSSR count). The summed E-state index contributed by atoms with van der Waals surface area (Å²) in [6.07, 6.45) is 3.34. The third-order valence-electron chi connectivity index (χ3n) is 2.33. The van der Waals surface area contributed by atoms with E-state index in [1.807, 2.05) is 24.7 Å². The van der Waals surface area contributed by atoms with Gasteiger partial charge in [-0.3, -0.25) is 0 Å². The second kappa shape index (κ2) is 4.67. The maximum Gasteiger partial charge on any atom is 0.132 e. The Balaban J connectivity index is 2.20. The predicted octanol–water partition coefficient (Wildman–Crippen LogP) is 2.32. The van der Waals surface area contributed by atoms with Crippen LogP contribution in [0.25, 0.3) is 0 Å². The summed E-state index contributed by atoms with van der Waals surface area (Å²) in [5.41, 5.74) is -0.243. The molecule has 0 aliphatic carbocycles. The van der Waals surface area contributed by atoms with E-state index in [0.717, 1.165) is 16.6 Å². The summed E-state index contributed by atoms with van der Waals surface area (Å²) < 4.78 is 0. The first kappa shape index (κ1) is 11.8. The first-order valence-corrected chi connectivity index (χ1v) is 6.18. The average molecular weight is 249 g/mol. The number of hydrogen-bond acceptors (Lipinski definition) is 6. The first-order chi connectivity index (χ1) is 8.12. The zero-order valence-corrected chi connectivity index (χ0v) is 10.9. The predicted molar refractivity (Wildman–Crippen MR) is 70.3 cm³/mol. The Labute approximate surface area is 104 Å². The van der Waals surface area contributed by atoms with Crippen molar-refractivity contribution in [3.8, 4) is 0 Å². The van der Waals surface area contributed by atoms with Gasteiger partial charge in [0.15, 0.2) is 0 Å². The van der Waals surface area contributed by atoms with Crippen LogP contribution in [-0.2, 0) is 5.54 Å². The van der Waals surface area contributed by atoms with Crippen LogP contribution in [0.2, 0.25) is 0 Å². The van der Waals surface area contributed by atoms with Crippen molar-refractivity contribution in [3.05, 3.63) is 29.0 Å². The number of aromatic nitrogens is 3. The van der Waals surface area contributed by atoms with Crippen molar-refractivity contribution >= 4 is 23.0 Å². The van der Waals surface area contributed by atoms with Gasteiger partial charge in [0, 0.05) is 24.7 Å². The van der Waals surface area contributed by atoms with Crippen molar-refractivity contribution in [1.29, 1.82) is 0 Å². The van der Waals surface area contributed by atoms with Crippen molar-refractivity contribution in [1.82, 2.24) is 15.0 Å². The lowest BCUT2D eigenvalue weighted by molar-refractivity contribution is 0.600. The molecule has 0 aliphatic rings. The lowest BCUT2D eigenvalue weighted by Gasteiger charge is -2.24. The Morgan fingerprint density at radius 1 is 1.18 bits per heavy atom. The normalized spacial score (nSPS) is 11.2. The Hall–Kier alpha value is -1.69. The topological polar surface area (TPSA) is 62.7 Å². The standard InChI is InChI=1S/C11H15N5S/c1-11(2,10-13-4-5-17-10)16-9-6-8(12-3)14-7-15-9/h4-7H,1-3H3,(H2,12,14,15,16). The van der Waals surface area contributed by atoms with Gasteiger partial charge in [0.25, 0.3) is 0 Å². The average Bonchev–Trinajstić information content (AvgIpc) is 2.83. The minimum atomic E-state index is -0.243. The van der Waals surface area contributed by atoms with Gasteiger partial charge in [0.2, 0.25) is 0 Å². The maximum atomic E-state index is 4.32. The molecule has 0 aromatic carbocycles. The molecule has 0 saturated heterocycles. The Bertz CT molecular complexity index is 480. The molecule has 5 nitrogen and oxygen atoms in total. The van der Waals surface area contributed by atoms with E-state index in [2.05, 4.69) is 39.4 Å². The van der Waals surface area contributed by atoms with Gasteiger partial charge in [0.05, 0.1) is 5.54 Å². The van der Waals surface area contributed by atoms with Gasteiger partial charge in [-0.1, -0.05) is 0 Å². The van der Waals surface area contributed by atoms with Crippen molar-refractivity contribution in [3.63, 3.8) is 0 Å². The van der Waals surface area contributed by atoms with Gasteiger partial charge >= 0.3 is 0 Å². The molecule has 0 saturated carbocycles. The number of hydrogen-bond donors (Lipinski definition) is 2. The van der Waals surface area contributed by atoms with Gasteiger partial charge in [-0.05, 0) is 13.8 Å². The first-order valence-electron chi connectivity index (χ1n) is 5.30. The molecule has 6 heteroatoms. The van der Waals surface area contributed by atoms with E-state index < -0.39 is 0 Å². The number of anilines is 2. The van der Waals surface area contributed by atoms with E-state index in [0.29, 0.717) is 0 Å². The Kier molecular flexibility index (Phi) is 3.23. The Morgan fingerprint density at radius 2 is 1.94 bits per heavy atom. The summed E-state index contributed by atoms with van der Waals surface area (Å²) in [7, 11) is 1.83. The van der Waals surface area contributed by atoms with E-state index >= 15 is 0 Å². The molecule has 0 aliphatic heterocycles. The smallest absolute Gasteiger partial charge is 0.132 e. The van der Waals surface area contributed by atoms with E-state index in [-0.39, 0.29) is 5.54 Å². The van der Waals surface area contributed by atoms with Gasteiger partial charge in [-0.2, -0.15) is 0 Å². The number of nitrogens with one attached hydrogen (secondary N) is 2. The molecule has 0 radical (unpaired) electrons. The molecular formula is C11H15N5S. The van der Waals surface area contributed by atoms with Gasteiger partial charge < -0.3 is 10.6 Å². The molecule has 90 valence electrons.